The fourth-order valence-electron chi connectivity index (χ4n) is 2.61. The number of fused-ring (bicyclic) bond motifs is 1. The maximum absolute atomic E-state index is 12.1. The van der Waals surface area contributed by atoms with Crippen LogP contribution in [-0.4, -0.2) is 57.7 Å². The van der Waals surface area contributed by atoms with Crippen LogP contribution in [0.1, 0.15) is 22.0 Å². The van der Waals surface area contributed by atoms with E-state index in [1.807, 2.05) is 50.2 Å². The standard InChI is InChI=1S/C17H22N6O/c1-12-19-14-6-4-5-7-16(14)23(12)11-13-10-15(21-20-13)17(24)18-8-9-22(2)3/h4-7,10H,8-9,11H2,1-3H3,(H,18,24)(H,20,21). The maximum Gasteiger partial charge on any atom is 0.271 e. The second-order valence-electron chi connectivity index (χ2n) is 6.07. The van der Waals surface area contributed by atoms with Gasteiger partial charge >= 0.3 is 0 Å². The van der Waals surface area contributed by atoms with Crippen molar-refractivity contribution in [3.63, 3.8) is 0 Å². The number of aromatic amines is 1. The van der Waals surface area contributed by atoms with Crippen molar-refractivity contribution in [3.8, 4) is 0 Å². The number of carbonyl (C=O) groups excluding carboxylic acids is 1. The van der Waals surface area contributed by atoms with Crippen molar-refractivity contribution in [2.75, 3.05) is 27.2 Å². The van der Waals surface area contributed by atoms with Gasteiger partial charge in [-0.25, -0.2) is 4.98 Å². The number of H-pyrrole nitrogens is 1. The zero-order chi connectivity index (χ0) is 17.1. The van der Waals surface area contributed by atoms with Gasteiger partial charge in [0.15, 0.2) is 0 Å². The van der Waals surface area contributed by atoms with Crippen LogP contribution in [0.25, 0.3) is 11.0 Å². The third-order valence-electron chi connectivity index (χ3n) is 3.88. The van der Waals surface area contributed by atoms with Crippen LogP contribution in [0.3, 0.4) is 0 Å². The van der Waals surface area contributed by atoms with E-state index in [2.05, 4.69) is 25.1 Å². The average Bonchev–Trinajstić information content (AvgIpc) is 3.13. The molecule has 3 aromatic rings. The highest BCUT2D eigenvalue weighted by Gasteiger charge is 2.12. The van der Waals surface area contributed by atoms with E-state index < -0.39 is 0 Å². The lowest BCUT2D eigenvalue weighted by molar-refractivity contribution is 0.0946. The molecule has 1 aromatic carbocycles. The minimum Gasteiger partial charge on any atom is -0.349 e. The van der Waals surface area contributed by atoms with E-state index in [1.165, 1.54) is 0 Å². The number of likely N-dealkylation sites (N-methyl/N-ethyl adjacent to an activating group) is 1. The fraction of sp³-hybridized carbons (Fsp3) is 0.353. The van der Waals surface area contributed by atoms with Gasteiger partial charge < -0.3 is 14.8 Å². The monoisotopic (exact) mass is 326 g/mol. The SMILES string of the molecule is Cc1nc2ccccc2n1Cc1cc(C(=O)NCCN(C)C)n[nH]1. The highest BCUT2D eigenvalue weighted by Crippen LogP contribution is 2.17. The minimum absolute atomic E-state index is 0.161. The summed E-state index contributed by atoms with van der Waals surface area (Å²) in [6.45, 7) is 3.97. The summed E-state index contributed by atoms with van der Waals surface area (Å²) in [5, 5.41) is 9.93. The number of hydrogen-bond acceptors (Lipinski definition) is 4. The van der Waals surface area contributed by atoms with Gasteiger partial charge in [0.25, 0.3) is 5.91 Å². The first kappa shape index (κ1) is 16.2. The van der Waals surface area contributed by atoms with E-state index in [0.717, 1.165) is 29.1 Å². The molecule has 0 aliphatic carbocycles. The Labute approximate surface area is 140 Å². The van der Waals surface area contributed by atoms with Gasteiger partial charge in [-0.05, 0) is 39.2 Å². The number of carbonyl (C=O) groups is 1. The molecule has 24 heavy (non-hydrogen) atoms. The molecule has 3 rings (SSSR count). The Morgan fingerprint density at radius 1 is 1.33 bits per heavy atom. The van der Waals surface area contributed by atoms with Gasteiger partial charge in [-0.15, -0.1) is 0 Å². The lowest BCUT2D eigenvalue weighted by Gasteiger charge is -2.09. The Morgan fingerprint density at radius 2 is 2.12 bits per heavy atom. The van der Waals surface area contributed by atoms with Crippen molar-refractivity contribution in [2.45, 2.75) is 13.5 Å². The zero-order valence-corrected chi connectivity index (χ0v) is 14.2. The number of rotatable bonds is 6. The highest BCUT2D eigenvalue weighted by atomic mass is 16.1. The van der Waals surface area contributed by atoms with E-state index in [0.29, 0.717) is 18.8 Å². The molecule has 126 valence electrons. The molecule has 2 heterocycles. The molecule has 1 amide bonds. The number of amides is 1. The lowest BCUT2D eigenvalue weighted by Crippen LogP contribution is -2.31. The van der Waals surface area contributed by atoms with Crippen molar-refractivity contribution in [1.29, 1.82) is 0 Å². The van der Waals surface area contributed by atoms with Crippen molar-refractivity contribution < 1.29 is 4.79 Å². The third-order valence-corrected chi connectivity index (χ3v) is 3.88. The topological polar surface area (TPSA) is 78.8 Å². The molecule has 0 unspecified atom stereocenters. The Kier molecular flexibility index (Phi) is 4.61. The molecule has 0 atom stereocenters. The maximum atomic E-state index is 12.1. The molecule has 7 heteroatoms. The van der Waals surface area contributed by atoms with Gasteiger partial charge in [0.2, 0.25) is 0 Å². The summed E-state index contributed by atoms with van der Waals surface area (Å²) in [6, 6.07) is 9.80. The zero-order valence-electron chi connectivity index (χ0n) is 14.2. The Hall–Kier alpha value is -2.67. The number of imidazole rings is 1. The van der Waals surface area contributed by atoms with Crippen LogP contribution in [0.15, 0.2) is 30.3 Å². The number of aryl methyl sites for hydroxylation is 1. The van der Waals surface area contributed by atoms with Crippen LogP contribution < -0.4 is 5.32 Å². The van der Waals surface area contributed by atoms with E-state index in [1.54, 1.807) is 6.07 Å². The molecular weight excluding hydrogens is 304 g/mol. The van der Waals surface area contributed by atoms with Crippen molar-refractivity contribution in [2.24, 2.45) is 0 Å². The van der Waals surface area contributed by atoms with Crippen molar-refractivity contribution >= 4 is 16.9 Å². The largest absolute Gasteiger partial charge is 0.349 e. The number of para-hydroxylation sites is 2. The fourth-order valence-corrected chi connectivity index (χ4v) is 2.61. The number of aromatic nitrogens is 4. The predicted octanol–water partition coefficient (Wildman–Crippen LogP) is 1.41. The Bertz CT molecular complexity index is 848. The first-order valence-electron chi connectivity index (χ1n) is 7.93. The van der Waals surface area contributed by atoms with Gasteiger partial charge in [-0.1, -0.05) is 12.1 Å². The van der Waals surface area contributed by atoms with Gasteiger partial charge in [-0.3, -0.25) is 9.89 Å². The predicted molar refractivity (Wildman–Crippen MR) is 93.0 cm³/mol. The second-order valence-corrected chi connectivity index (χ2v) is 6.07. The molecule has 7 nitrogen and oxygen atoms in total. The molecule has 0 saturated carbocycles. The molecule has 2 aromatic heterocycles. The second kappa shape index (κ2) is 6.84. The molecule has 0 aliphatic heterocycles. The molecule has 0 bridgehead atoms. The highest BCUT2D eigenvalue weighted by molar-refractivity contribution is 5.92. The summed E-state index contributed by atoms with van der Waals surface area (Å²) in [7, 11) is 3.94. The quantitative estimate of drug-likeness (QED) is 0.718. The average molecular weight is 326 g/mol. The first-order valence-corrected chi connectivity index (χ1v) is 7.93. The molecule has 0 fully saturated rings. The summed E-state index contributed by atoms with van der Waals surface area (Å²) in [6.07, 6.45) is 0. The number of benzene rings is 1. The summed E-state index contributed by atoms with van der Waals surface area (Å²) in [5.74, 6) is 0.773. The van der Waals surface area contributed by atoms with Crippen molar-refractivity contribution in [3.05, 3.63) is 47.5 Å². The smallest absolute Gasteiger partial charge is 0.271 e. The molecule has 0 radical (unpaired) electrons. The van der Waals surface area contributed by atoms with E-state index in [4.69, 9.17) is 0 Å². The van der Waals surface area contributed by atoms with Crippen molar-refractivity contribution in [1.82, 2.24) is 30.0 Å². The van der Waals surface area contributed by atoms with Crippen LogP contribution in [0.4, 0.5) is 0 Å². The minimum atomic E-state index is -0.161. The van der Waals surface area contributed by atoms with Gasteiger partial charge in [0.05, 0.1) is 23.3 Å². The Balaban J connectivity index is 1.71. The van der Waals surface area contributed by atoms with Crippen LogP contribution >= 0.6 is 0 Å². The summed E-state index contributed by atoms with van der Waals surface area (Å²) < 4.78 is 2.11. The van der Waals surface area contributed by atoms with Gasteiger partial charge in [0, 0.05) is 13.1 Å². The van der Waals surface area contributed by atoms with E-state index >= 15 is 0 Å². The normalized spacial score (nSPS) is 11.3. The van der Waals surface area contributed by atoms with Crippen LogP contribution in [-0.2, 0) is 6.54 Å². The van der Waals surface area contributed by atoms with Gasteiger partial charge in [-0.2, -0.15) is 5.10 Å². The first-order chi connectivity index (χ1) is 11.5. The number of nitrogens with zero attached hydrogens (tertiary/aromatic N) is 4. The lowest BCUT2D eigenvalue weighted by atomic mass is 10.3. The number of nitrogens with one attached hydrogen (secondary N) is 2. The van der Waals surface area contributed by atoms with E-state index in [9.17, 15) is 4.79 Å². The van der Waals surface area contributed by atoms with Crippen LogP contribution in [0.5, 0.6) is 0 Å². The summed E-state index contributed by atoms with van der Waals surface area (Å²) in [5.41, 5.74) is 3.32. The molecular formula is C17H22N6O. The molecule has 0 aliphatic rings. The summed E-state index contributed by atoms with van der Waals surface area (Å²) >= 11 is 0. The molecule has 0 spiro atoms. The van der Waals surface area contributed by atoms with E-state index in [-0.39, 0.29) is 5.91 Å². The third kappa shape index (κ3) is 3.46. The summed E-state index contributed by atoms with van der Waals surface area (Å²) in [4.78, 5) is 18.7. The van der Waals surface area contributed by atoms with Crippen LogP contribution in [0.2, 0.25) is 0 Å². The number of hydrogen-bond donors (Lipinski definition) is 2. The molecule has 2 N–H and O–H groups in total. The molecule has 0 saturated heterocycles. The van der Waals surface area contributed by atoms with Gasteiger partial charge in [0.1, 0.15) is 11.5 Å². The van der Waals surface area contributed by atoms with Crippen LogP contribution in [0, 0.1) is 6.92 Å². The Morgan fingerprint density at radius 3 is 2.92 bits per heavy atom.